The van der Waals surface area contributed by atoms with Gasteiger partial charge in [0.2, 0.25) is 11.1 Å². The van der Waals surface area contributed by atoms with Crippen molar-refractivity contribution in [2.75, 3.05) is 12.5 Å². The van der Waals surface area contributed by atoms with Crippen molar-refractivity contribution in [3.05, 3.63) is 29.8 Å². The first kappa shape index (κ1) is 12.6. The minimum atomic E-state index is 0.231. The number of ether oxygens (including phenoxy) is 1. The van der Waals surface area contributed by atoms with Gasteiger partial charge in [0.1, 0.15) is 0 Å². The Morgan fingerprint density at radius 2 is 2.00 bits per heavy atom. The number of hydrogen-bond acceptors (Lipinski definition) is 7. The van der Waals surface area contributed by atoms with E-state index in [4.69, 9.17) is 10.6 Å². The summed E-state index contributed by atoms with van der Waals surface area (Å²) in [5.74, 6) is 5.57. The van der Waals surface area contributed by atoms with E-state index >= 15 is 0 Å². The standard InChI is InChI=1S/C11H13N5OS/c1-7-5-3-4-6-8(7)18-11-14-9(16-12)13-10(15-11)17-2/h3-6H,12H2,1-2H3,(H,13,14,15,16). The van der Waals surface area contributed by atoms with Crippen molar-refractivity contribution in [3.63, 3.8) is 0 Å². The highest BCUT2D eigenvalue weighted by Crippen LogP contribution is 2.28. The molecule has 0 unspecified atom stereocenters. The summed E-state index contributed by atoms with van der Waals surface area (Å²) in [5, 5.41) is 0.532. The number of anilines is 1. The smallest absolute Gasteiger partial charge is 0.322 e. The molecule has 1 aromatic heterocycles. The molecule has 1 aromatic carbocycles. The number of aryl methyl sites for hydroxylation is 1. The van der Waals surface area contributed by atoms with Gasteiger partial charge >= 0.3 is 6.01 Å². The summed E-state index contributed by atoms with van der Waals surface area (Å²) in [7, 11) is 1.50. The zero-order valence-corrected chi connectivity index (χ0v) is 10.9. The number of rotatable bonds is 4. The number of aromatic nitrogens is 3. The van der Waals surface area contributed by atoms with Crippen molar-refractivity contribution in [1.82, 2.24) is 15.0 Å². The molecule has 0 spiro atoms. The van der Waals surface area contributed by atoms with E-state index in [1.54, 1.807) is 0 Å². The molecule has 2 rings (SSSR count). The summed E-state index contributed by atoms with van der Waals surface area (Å²) in [6, 6.07) is 8.22. The number of nitrogens with one attached hydrogen (secondary N) is 1. The Bertz CT molecular complexity index is 526. The maximum Gasteiger partial charge on any atom is 0.322 e. The van der Waals surface area contributed by atoms with Crippen LogP contribution in [0.2, 0.25) is 0 Å². The predicted molar refractivity (Wildman–Crippen MR) is 69.5 cm³/mol. The van der Waals surface area contributed by atoms with E-state index in [1.807, 2.05) is 31.2 Å². The number of methoxy groups -OCH3 is 1. The predicted octanol–water partition coefficient (Wildman–Crippen LogP) is 1.63. The Labute approximate surface area is 109 Å². The molecule has 7 heteroatoms. The summed E-state index contributed by atoms with van der Waals surface area (Å²) in [6.45, 7) is 2.03. The van der Waals surface area contributed by atoms with Crippen LogP contribution >= 0.6 is 11.8 Å². The van der Waals surface area contributed by atoms with Gasteiger partial charge in [-0.25, -0.2) is 5.84 Å². The van der Waals surface area contributed by atoms with E-state index in [0.717, 1.165) is 10.5 Å². The van der Waals surface area contributed by atoms with Crippen LogP contribution in [0.4, 0.5) is 5.95 Å². The molecule has 0 saturated carbocycles. The van der Waals surface area contributed by atoms with Gasteiger partial charge in [-0.05, 0) is 30.3 Å². The molecule has 0 atom stereocenters. The van der Waals surface area contributed by atoms with Gasteiger partial charge in [0.25, 0.3) is 0 Å². The fourth-order valence-corrected chi connectivity index (χ4v) is 2.14. The molecular weight excluding hydrogens is 250 g/mol. The highest BCUT2D eigenvalue weighted by molar-refractivity contribution is 7.99. The molecule has 0 aliphatic rings. The largest absolute Gasteiger partial charge is 0.467 e. The minimum absolute atomic E-state index is 0.231. The number of hydrogen-bond donors (Lipinski definition) is 2. The normalized spacial score (nSPS) is 10.2. The number of nitrogen functional groups attached to an aromatic ring is 1. The third-order valence-corrected chi connectivity index (χ3v) is 3.24. The lowest BCUT2D eigenvalue weighted by Crippen LogP contribution is -2.12. The van der Waals surface area contributed by atoms with E-state index in [9.17, 15) is 0 Å². The van der Waals surface area contributed by atoms with Crippen molar-refractivity contribution >= 4 is 17.7 Å². The molecule has 1 heterocycles. The van der Waals surface area contributed by atoms with E-state index in [1.165, 1.54) is 18.9 Å². The third kappa shape index (κ3) is 2.88. The van der Waals surface area contributed by atoms with Crippen LogP contribution in [0.25, 0.3) is 0 Å². The van der Waals surface area contributed by atoms with Crippen LogP contribution in [0.3, 0.4) is 0 Å². The first-order valence-electron chi connectivity index (χ1n) is 5.23. The molecular formula is C11H13N5OS. The Hall–Kier alpha value is -1.86. The minimum Gasteiger partial charge on any atom is -0.467 e. The quantitative estimate of drug-likeness (QED) is 0.640. The topological polar surface area (TPSA) is 86.0 Å². The fourth-order valence-electron chi connectivity index (χ4n) is 1.31. The molecule has 3 N–H and O–H groups in total. The molecule has 6 nitrogen and oxygen atoms in total. The lowest BCUT2D eigenvalue weighted by atomic mass is 10.2. The van der Waals surface area contributed by atoms with Crippen molar-refractivity contribution in [1.29, 1.82) is 0 Å². The lowest BCUT2D eigenvalue weighted by molar-refractivity contribution is 0.373. The molecule has 0 saturated heterocycles. The Morgan fingerprint density at radius 3 is 2.67 bits per heavy atom. The molecule has 0 aliphatic carbocycles. The van der Waals surface area contributed by atoms with Crippen LogP contribution in [0, 0.1) is 6.92 Å². The molecule has 2 aromatic rings. The summed E-state index contributed by atoms with van der Waals surface area (Å²) in [4.78, 5) is 13.3. The number of hydrazine groups is 1. The fraction of sp³-hybridized carbons (Fsp3) is 0.182. The zero-order valence-electron chi connectivity index (χ0n) is 10.0. The molecule has 0 amide bonds. The summed E-state index contributed by atoms with van der Waals surface area (Å²) in [5.41, 5.74) is 3.54. The van der Waals surface area contributed by atoms with Gasteiger partial charge in [0.15, 0.2) is 0 Å². The monoisotopic (exact) mass is 263 g/mol. The van der Waals surface area contributed by atoms with Crippen LogP contribution in [-0.4, -0.2) is 22.1 Å². The van der Waals surface area contributed by atoms with Gasteiger partial charge in [0, 0.05) is 4.90 Å². The SMILES string of the molecule is COc1nc(NN)nc(Sc2ccccc2C)n1. The van der Waals surface area contributed by atoms with E-state index in [0.29, 0.717) is 5.16 Å². The number of benzene rings is 1. The highest BCUT2D eigenvalue weighted by atomic mass is 32.2. The van der Waals surface area contributed by atoms with Crippen molar-refractivity contribution < 1.29 is 4.74 Å². The summed E-state index contributed by atoms with van der Waals surface area (Å²) in [6.07, 6.45) is 0. The first-order valence-corrected chi connectivity index (χ1v) is 6.04. The van der Waals surface area contributed by atoms with Gasteiger partial charge in [-0.2, -0.15) is 15.0 Å². The van der Waals surface area contributed by atoms with Crippen LogP contribution < -0.4 is 16.0 Å². The second-order valence-corrected chi connectivity index (χ2v) is 4.45. The third-order valence-electron chi connectivity index (χ3n) is 2.20. The maximum absolute atomic E-state index is 5.30. The average Bonchev–Trinajstić information content (AvgIpc) is 2.41. The van der Waals surface area contributed by atoms with Gasteiger partial charge < -0.3 is 4.74 Å². The van der Waals surface area contributed by atoms with Crippen molar-refractivity contribution in [3.8, 4) is 6.01 Å². The van der Waals surface area contributed by atoms with E-state index in [-0.39, 0.29) is 12.0 Å². The van der Waals surface area contributed by atoms with Gasteiger partial charge in [0.05, 0.1) is 7.11 Å². The average molecular weight is 263 g/mol. The van der Waals surface area contributed by atoms with Gasteiger partial charge in [-0.1, -0.05) is 18.2 Å². The highest BCUT2D eigenvalue weighted by Gasteiger charge is 2.08. The number of nitrogens with zero attached hydrogens (tertiary/aromatic N) is 3. The zero-order chi connectivity index (χ0) is 13.0. The second-order valence-electron chi connectivity index (χ2n) is 3.44. The van der Waals surface area contributed by atoms with E-state index in [2.05, 4.69) is 20.4 Å². The number of nitrogens with two attached hydrogens (primary N) is 1. The molecule has 0 fully saturated rings. The molecule has 0 aliphatic heterocycles. The first-order chi connectivity index (χ1) is 8.72. The second kappa shape index (κ2) is 5.65. The van der Waals surface area contributed by atoms with Crippen LogP contribution in [0.15, 0.2) is 34.3 Å². The molecule has 18 heavy (non-hydrogen) atoms. The van der Waals surface area contributed by atoms with E-state index < -0.39 is 0 Å². The summed E-state index contributed by atoms with van der Waals surface area (Å²) >= 11 is 1.44. The van der Waals surface area contributed by atoms with Gasteiger partial charge in [-0.15, -0.1) is 0 Å². The van der Waals surface area contributed by atoms with Crippen LogP contribution in [0.1, 0.15) is 5.56 Å². The molecule has 94 valence electrons. The molecule has 0 radical (unpaired) electrons. The Morgan fingerprint density at radius 1 is 1.22 bits per heavy atom. The Kier molecular flexibility index (Phi) is 3.96. The van der Waals surface area contributed by atoms with Crippen LogP contribution in [0.5, 0.6) is 6.01 Å². The summed E-state index contributed by atoms with van der Waals surface area (Å²) < 4.78 is 4.99. The lowest BCUT2D eigenvalue weighted by Gasteiger charge is -2.06. The van der Waals surface area contributed by atoms with Crippen LogP contribution in [-0.2, 0) is 0 Å². The Balaban J connectivity index is 2.31. The van der Waals surface area contributed by atoms with Crippen molar-refractivity contribution in [2.45, 2.75) is 17.0 Å². The van der Waals surface area contributed by atoms with Gasteiger partial charge in [-0.3, -0.25) is 5.43 Å². The van der Waals surface area contributed by atoms with Crippen molar-refractivity contribution in [2.24, 2.45) is 5.84 Å². The maximum atomic E-state index is 5.30. The molecule has 0 bridgehead atoms.